The summed E-state index contributed by atoms with van der Waals surface area (Å²) in [5.41, 5.74) is 11.6. The second-order valence-electron chi connectivity index (χ2n) is 11.2. The van der Waals surface area contributed by atoms with E-state index in [0.717, 1.165) is 44.6 Å². The van der Waals surface area contributed by atoms with Gasteiger partial charge in [0.05, 0.1) is 10.3 Å². The Kier molecular flexibility index (Phi) is 8.28. The summed E-state index contributed by atoms with van der Waals surface area (Å²) < 4.78 is 7.44. The molecule has 1 aliphatic carbocycles. The number of pyridine rings is 3. The van der Waals surface area contributed by atoms with E-state index in [0.29, 0.717) is 5.71 Å². The molecular formula is C37H31IrN3OS-2. The molecule has 5 aromatic heterocycles. The summed E-state index contributed by atoms with van der Waals surface area (Å²) in [6.45, 7) is 8.22. The molecule has 5 heterocycles. The number of rotatable bonds is 2. The first kappa shape index (κ1) is 29.4. The van der Waals surface area contributed by atoms with Crippen LogP contribution in [0.2, 0.25) is 0 Å². The van der Waals surface area contributed by atoms with Gasteiger partial charge < -0.3 is 14.4 Å². The summed E-state index contributed by atoms with van der Waals surface area (Å²) in [6, 6.07) is 25.2. The standard InChI is InChI=1S/C23H17N2OS.C14H14N.Ir/c1-13-9-10-16-15-6-4-7-17(22(15)26-23(16)25-13)19-11-18-14-5-2-3-8-20(14)27-21(18)12-24-19;1-10-4-6-13(7-5-10)14-8-11(2)12(3)9-15-14;/h4,6,9-12H,2-3,5,8H2,1H3;4-6,8-9H,1-3H3;/q2*-1;. The SMILES string of the molecule is Cc1c[c-]c(-c2cc(C)c(C)cn2)cc1.Cc1ccc2c(n1)oc1c(-c3cc4c5c(sc4cn3)CCCC5)[c-]ccc12.[Ir]. The molecular weight excluding hydrogens is 727 g/mol. The largest absolute Gasteiger partial charge is 0.486 e. The Morgan fingerprint density at radius 3 is 2.44 bits per heavy atom. The zero-order valence-electron chi connectivity index (χ0n) is 24.7. The number of benzene rings is 2. The number of aromatic nitrogens is 3. The van der Waals surface area contributed by atoms with Crippen molar-refractivity contribution in [3.8, 4) is 22.5 Å². The number of hydrogen-bond acceptors (Lipinski definition) is 5. The molecule has 0 N–H and O–H groups in total. The van der Waals surface area contributed by atoms with Crippen LogP contribution in [0.3, 0.4) is 0 Å². The van der Waals surface area contributed by atoms with Crippen LogP contribution >= 0.6 is 11.3 Å². The fraction of sp³-hybridized carbons (Fsp3) is 0.216. The molecule has 1 aliphatic rings. The summed E-state index contributed by atoms with van der Waals surface area (Å²) in [4.78, 5) is 15.3. The van der Waals surface area contributed by atoms with Gasteiger partial charge in [-0.05, 0) is 86.5 Å². The van der Waals surface area contributed by atoms with Crippen molar-refractivity contribution in [2.24, 2.45) is 0 Å². The van der Waals surface area contributed by atoms with Crippen LogP contribution in [0.25, 0.3) is 54.7 Å². The van der Waals surface area contributed by atoms with Crippen LogP contribution in [0, 0.1) is 39.8 Å². The Labute approximate surface area is 269 Å². The van der Waals surface area contributed by atoms with Gasteiger partial charge in [-0.1, -0.05) is 35.6 Å². The van der Waals surface area contributed by atoms with E-state index < -0.39 is 0 Å². The molecule has 217 valence electrons. The molecule has 4 nitrogen and oxygen atoms in total. The Bertz CT molecular complexity index is 2090. The van der Waals surface area contributed by atoms with Crippen molar-refractivity contribution in [2.45, 2.75) is 53.4 Å². The molecule has 0 saturated carbocycles. The number of fused-ring (bicyclic) bond motifs is 6. The topological polar surface area (TPSA) is 51.8 Å². The summed E-state index contributed by atoms with van der Waals surface area (Å²) in [5, 5.41) is 3.47. The average molecular weight is 758 g/mol. The minimum absolute atomic E-state index is 0. The molecule has 43 heavy (non-hydrogen) atoms. The maximum atomic E-state index is 6.15. The normalized spacial score (nSPS) is 12.6. The second-order valence-corrected chi connectivity index (χ2v) is 12.3. The van der Waals surface area contributed by atoms with Crippen LogP contribution in [0.5, 0.6) is 0 Å². The van der Waals surface area contributed by atoms with E-state index in [1.54, 1.807) is 4.88 Å². The summed E-state index contributed by atoms with van der Waals surface area (Å²) >= 11 is 1.91. The third-order valence-corrected chi connectivity index (χ3v) is 9.40. The molecule has 0 spiro atoms. The van der Waals surface area contributed by atoms with Crippen LogP contribution in [0.15, 0.2) is 71.4 Å². The molecule has 0 fully saturated rings. The maximum Gasteiger partial charge on any atom is 0.216 e. The van der Waals surface area contributed by atoms with Crippen molar-refractivity contribution in [3.05, 3.63) is 112 Å². The van der Waals surface area contributed by atoms with Crippen molar-refractivity contribution in [2.75, 3.05) is 0 Å². The first-order valence-corrected chi connectivity index (χ1v) is 15.3. The van der Waals surface area contributed by atoms with Gasteiger partial charge in [0.1, 0.15) is 0 Å². The number of aryl methyl sites for hydroxylation is 6. The van der Waals surface area contributed by atoms with Gasteiger partial charge >= 0.3 is 0 Å². The Morgan fingerprint density at radius 2 is 1.63 bits per heavy atom. The van der Waals surface area contributed by atoms with E-state index in [9.17, 15) is 0 Å². The van der Waals surface area contributed by atoms with Crippen molar-refractivity contribution < 1.29 is 24.5 Å². The molecule has 7 aromatic rings. The van der Waals surface area contributed by atoms with E-state index in [-0.39, 0.29) is 20.1 Å². The Hall–Kier alpha value is -3.70. The van der Waals surface area contributed by atoms with E-state index in [1.807, 2.05) is 54.9 Å². The molecule has 8 rings (SSSR count). The average Bonchev–Trinajstić information content (AvgIpc) is 3.56. The molecule has 0 bridgehead atoms. The van der Waals surface area contributed by atoms with Gasteiger partial charge in [-0.25, -0.2) is 4.98 Å². The van der Waals surface area contributed by atoms with Gasteiger partial charge in [0.15, 0.2) is 0 Å². The summed E-state index contributed by atoms with van der Waals surface area (Å²) in [7, 11) is 0. The molecule has 6 heteroatoms. The molecule has 0 unspecified atom stereocenters. The molecule has 0 aliphatic heterocycles. The van der Waals surface area contributed by atoms with Gasteiger partial charge in [0.2, 0.25) is 5.71 Å². The van der Waals surface area contributed by atoms with Crippen LogP contribution in [-0.2, 0) is 32.9 Å². The number of nitrogens with zero attached hydrogens (tertiary/aromatic N) is 3. The van der Waals surface area contributed by atoms with Crippen LogP contribution in [0.4, 0.5) is 0 Å². The smallest absolute Gasteiger partial charge is 0.216 e. The maximum absolute atomic E-state index is 6.15. The molecule has 0 atom stereocenters. The van der Waals surface area contributed by atoms with E-state index in [4.69, 9.17) is 9.40 Å². The fourth-order valence-electron chi connectivity index (χ4n) is 5.64. The fourth-order valence-corrected chi connectivity index (χ4v) is 6.89. The number of hydrogen-bond donors (Lipinski definition) is 0. The van der Waals surface area contributed by atoms with Gasteiger partial charge in [-0.15, -0.1) is 64.9 Å². The van der Waals surface area contributed by atoms with Crippen LogP contribution in [-0.4, -0.2) is 15.0 Å². The number of furan rings is 1. The van der Waals surface area contributed by atoms with E-state index in [1.165, 1.54) is 58.0 Å². The summed E-state index contributed by atoms with van der Waals surface area (Å²) in [6.07, 6.45) is 8.91. The predicted octanol–water partition coefficient (Wildman–Crippen LogP) is 9.72. The third-order valence-electron chi connectivity index (χ3n) is 8.15. The first-order valence-electron chi connectivity index (χ1n) is 14.5. The third kappa shape index (κ3) is 5.68. The van der Waals surface area contributed by atoms with E-state index in [2.05, 4.69) is 73.2 Å². The molecule has 0 saturated heterocycles. The zero-order chi connectivity index (χ0) is 28.8. The van der Waals surface area contributed by atoms with Crippen molar-refractivity contribution in [1.29, 1.82) is 0 Å². The Balaban J connectivity index is 0.000000176. The minimum atomic E-state index is 0. The molecule has 2 aromatic carbocycles. The number of thiophene rings is 1. The first-order chi connectivity index (χ1) is 20.4. The molecule has 0 amide bonds. The zero-order valence-corrected chi connectivity index (χ0v) is 27.9. The second kappa shape index (κ2) is 12.1. The Morgan fingerprint density at radius 1 is 0.791 bits per heavy atom. The predicted molar refractivity (Wildman–Crippen MR) is 173 cm³/mol. The van der Waals surface area contributed by atoms with Gasteiger partial charge in [0.25, 0.3) is 0 Å². The molecule has 1 radical (unpaired) electrons. The van der Waals surface area contributed by atoms with Crippen molar-refractivity contribution >= 4 is 43.5 Å². The summed E-state index contributed by atoms with van der Waals surface area (Å²) in [5.74, 6) is 0. The van der Waals surface area contributed by atoms with E-state index >= 15 is 0 Å². The minimum Gasteiger partial charge on any atom is -0.486 e. The van der Waals surface area contributed by atoms with Crippen molar-refractivity contribution in [3.63, 3.8) is 0 Å². The van der Waals surface area contributed by atoms with Gasteiger partial charge in [-0.2, -0.15) is 0 Å². The van der Waals surface area contributed by atoms with Gasteiger partial charge in [0, 0.05) is 48.5 Å². The quantitative estimate of drug-likeness (QED) is 0.165. The van der Waals surface area contributed by atoms with Crippen LogP contribution < -0.4 is 0 Å². The van der Waals surface area contributed by atoms with Crippen LogP contribution in [0.1, 0.15) is 45.7 Å². The van der Waals surface area contributed by atoms with Crippen molar-refractivity contribution in [1.82, 2.24) is 15.0 Å². The monoisotopic (exact) mass is 758 g/mol. The van der Waals surface area contributed by atoms with Gasteiger partial charge in [-0.3, -0.25) is 0 Å².